The number of thiocarbonyl (C=S) groups is 1. The monoisotopic (exact) mass is 342 g/mol. The van der Waals surface area contributed by atoms with Crippen LogP contribution in [0.5, 0.6) is 0 Å². The maximum absolute atomic E-state index is 13.8. The van der Waals surface area contributed by atoms with Crippen molar-refractivity contribution in [1.29, 1.82) is 0 Å². The molecule has 0 radical (unpaired) electrons. The average molecular weight is 342 g/mol. The molecule has 2 aromatic rings. The second-order valence-electron chi connectivity index (χ2n) is 6.59. The van der Waals surface area contributed by atoms with E-state index in [1.807, 2.05) is 24.3 Å². The van der Waals surface area contributed by atoms with Gasteiger partial charge < -0.3 is 10.2 Å². The second kappa shape index (κ2) is 7.31. The Morgan fingerprint density at radius 3 is 2.58 bits per heavy atom. The molecule has 0 saturated heterocycles. The highest BCUT2D eigenvalue weighted by molar-refractivity contribution is 7.80. The number of anilines is 1. The Labute approximate surface area is 148 Å². The van der Waals surface area contributed by atoms with E-state index in [0.717, 1.165) is 6.54 Å². The van der Waals surface area contributed by atoms with Crippen LogP contribution in [0.3, 0.4) is 0 Å². The SMILES string of the molecule is Cc1ccc(NC(=S)N(Cc2ccccc2)C(C)C2CC2)cc1F. The molecule has 1 atom stereocenters. The minimum atomic E-state index is -0.215. The quantitative estimate of drug-likeness (QED) is 0.758. The Bertz CT molecular complexity index is 713. The summed E-state index contributed by atoms with van der Waals surface area (Å²) in [4.78, 5) is 2.22. The minimum absolute atomic E-state index is 0.215. The molecule has 0 aromatic heterocycles. The molecule has 0 aliphatic heterocycles. The Kier molecular flexibility index (Phi) is 5.14. The number of benzene rings is 2. The van der Waals surface area contributed by atoms with Crippen LogP contribution in [0.2, 0.25) is 0 Å². The van der Waals surface area contributed by atoms with E-state index in [4.69, 9.17) is 12.2 Å². The number of nitrogens with one attached hydrogen (secondary N) is 1. The summed E-state index contributed by atoms with van der Waals surface area (Å²) in [5.74, 6) is 0.482. The Hall–Kier alpha value is -1.94. The Morgan fingerprint density at radius 1 is 1.25 bits per heavy atom. The van der Waals surface area contributed by atoms with Crippen LogP contribution in [0.4, 0.5) is 10.1 Å². The molecule has 24 heavy (non-hydrogen) atoms. The standard InChI is InChI=1S/C20H23FN2S/c1-14-8-11-18(12-19(14)21)22-20(24)23(15(2)17-9-10-17)13-16-6-4-3-5-7-16/h3-8,11-12,15,17H,9-10,13H2,1-2H3,(H,22,24). The third kappa shape index (κ3) is 4.12. The maximum atomic E-state index is 13.8. The lowest BCUT2D eigenvalue weighted by Crippen LogP contribution is -2.41. The van der Waals surface area contributed by atoms with Gasteiger partial charge in [-0.3, -0.25) is 0 Å². The fourth-order valence-electron chi connectivity index (χ4n) is 2.88. The summed E-state index contributed by atoms with van der Waals surface area (Å²) in [6.45, 7) is 4.75. The van der Waals surface area contributed by atoms with Crippen LogP contribution in [0.1, 0.15) is 30.9 Å². The summed E-state index contributed by atoms with van der Waals surface area (Å²) in [7, 11) is 0. The highest BCUT2D eigenvalue weighted by atomic mass is 32.1. The Morgan fingerprint density at radius 2 is 1.96 bits per heavy atom. The van der Waals surface area contributed by atoms with Crippen LogP contribution in [0.25, 0.3) is 0 Å². The molecular weight excluding hydrogens is 319 g/mol. The van der Waals surface area contributed by atoms with Gasteiger partial charge in [-0.2, -0.15) is 0 Å². The summed E-state index contributed by atoms with van der Waals surface area (Å²) in [6.07, 6.45) is 2.52. The van der Waals surface area contributed by atoms with Crippen molar-refractivity contribution >= 4 is 23.0 Å². The topological polar surface area (TPSA) is 15.3 Å². The van der Waals surface area contributed by atoms with Gasteiger partial charge in [-0.1, -0.05) is 36.4 Å². The average Bonchev–Trinajstić information content (AvgIpc) is 3.41. The molecule has 1 N–H and O–H groups in total. The van der Waals surface area contributed by atoms with Crippen molar-refractivity contribution in [3.8, 4) is 0 Å². The number of hydrogen-bond donors (Lipinski definition) is 1. The summed E-state index contributed by atoms with van der Waals surface area (Å²) < 4.78 is 13.8. The van der Waals surface area contributed by atoms with E-state index >= 15 is 0 Å². The normalized spacial score (nSPS) is 15.0. The second-order valence-corrected chi connectivity index (χ2v) is 6.97. The molecule has 1 unspecified atom stereocenters. The van der Waals surface area contributed by atoms with Crippen molar-refractivity contribution in [3.63, 3.8) is 0 Å². The van der Waals surface area contributed by atoms with Crippen molar-refractivity contribution in [2.75, 3.05) is 5.32 Å². The lowest BCUT2D eigenvalue weighted by molar-refractivity contribution is 0.298. The first-order valence-corrected chi connectivity index (χ1v) is 8.83. The largest absolute Gasteiger partial charge is 0.342 e. The van der Waals surface area contributed by atoms with E-state index in [0.29, 0.717) is 28.3 Å². The number of halogens is 1. The molecule has 0 amide bonds. The zero-order chi connectivity index (χ0) is 17.1. The van der Waals surface area contributed by atoms with E-state index in [1.165, 1.54) is 24.5 Å². The van der Waals surface area contributed by atoms with Crippen LogP contribution in [-0.4, -0.2) is 16.1 Å². The molecule has 0 spiro atoms. The molecule has 1 saturated carbocycles. The van der Waals surface area contributed by atoms with Crippen LogP contribution in [-0.2, 0) is 6.54 Å². The molecule has 3 rings (SSSR count). The third-order valence-corrected chi connectivity index (χ3v) is 5.01. The summed E-state index contributed by atoms with van der Waals surface area (Å²) >= 11 is 5.65. The predicted molar refractivity (Wildman–Crippen MR) is 102 cm³/mol. The first-order valence-electron chi connectivity index (χ1n) is 8.42. The maximum Gasteiger partial charge on any atom is 0.173 e. The van der Waals surface area contributed by atoms with Gasteiger partial charge in [-0.15, -0.1) is 0 Å². The molecule has 1 aliphatic carbocycles. The van der Waals surface area contributed by atoms with Gasteiger partial charge in [-0.25, -0.2) is 4.39 Å². The van der Waals surface area contributed by atoms with Crippen LogP contribution >= 0.6 is 12.2 Å². The minimum Gasteiger partial charge on any atom is -0.342 e. The van der Waals surface area contributed by atoms with Crippen LogP contribution < -0.4 is 5.32 Å². The van der Waals surface area contributed by atoms with Gasteiger partial charge in [-0.05, 0) is 68.1 Å². The van der Waals surface area contributed by atoms with Gasteiger partial charge in [0.15, 0.2) is 5.11 Å². The van der Waals surface area contributed by atoms with Crippen LogP contribution in [0.15, 0.2) is 48.5 Å². The van der Waals surface area contributed by atoms with Crippen LogP contribution in [0, 0.1) is 18.7 Å². The zero-order valence-electron chi connectivity index (χ0n) is 14.1. The fourth-order valence-corrected chi connectivity index (χ4v) is 3.23. The van der Waals surface area contributed by atoms with Crippen molar-refractivity contribution in [2.45, 2.75) is 39.3 Å². The Balaban J connectivity index is 1.76. The van der Waals surface area contributed by atoms with Crippen molar-refractivity contribution in [2.24, 2.45) is 5.92 Å². The molecule has 2 aromatic carbocycles. The predicted octanol–water partition coefficient (Wildman–Crippen LogP) is 5.13. The van der Waals surface area contributed by atoms with Gasteiger partial charge in [0.05, 0.1) is 0 Å². The molecule has 1 aliphatic rings. The fraction of sp³-hybridized carbons (Fsp3) is 0.350. The highest BCUT2D eigenvalue weighted by Crippen LogP contribution is 2.36. The van der Waals surface area contributed by atoms with Gasteiger partial charge >= 0.3 is 0 Å². The number of nitrogens with zero attached hydrogens (tertiary/aromatic N) is 1. The first-order chi connectivity index (χ1) is 11.5. The van der Waals surface area contributed by atoms with Gasteiger partial charge in [0.25, 0.3) is 0 Å². The molecule has 2 nitrogen and oxygen atoms in total. The first kappa shape index (κ1) is 16.9. The zero-order valence-corrected chi connectivity index (χ0v) is 14.9. The van der Waals surface area contributed by atoms with E-state index in [9.17, 15) is 4.39 Å². The van der Waals surface area contributed by atoms with Gasteiger partial charge in [0.1, 0.15) is 5.82 Å². The molecular formula is C20H23FN2S. The molecule has 126 valence electrons. The molecule has 0 heterocycles. The van der Waals surface area contributed by atoms with E-state index < -0.39 is 0 Å². The smallest absolute Gasteiger partial charge is 0.173 e. The van der Waals surface area contributed by atoms with Crippen molar-refractivity contribution in [1.82, 2.24) is 4.90 Å². The number of hydrogen-bond acceptors (Lipinski definition) is 1. The van der Waals surface area contributed by atoms with Gasteiger partial charge in [0.2, 0.25) is 0 Å². The molecule has 0 bridgehead atoms. The van der Waals surface area contributed by atoms with E-state index in [1.54, 1.807) is 13.0 Å². The lowest BCUT2D eigenvalue weighted by atomic mass is 10.1. The van der Waals surface area contributed by atoms with E-state index in [2.05, 4.69) is 29.3 Å². The van der Waals surface area contributed by atoms with E-state index in [-0.39, 0.29) is 5.82 Å². The molecule has 1 fully saturated rings. The molecule has 4 heteroatoms. The number of aryl methyl sites for hydroxylation is 1. The van der Waals surface area contributed by atoms with Crippen molar-refractivity contribution < 1.29 is 4.39 Å². The van der Waals surface area contributed by atoms with Gasteiger partial charge in [0, 0.05) is 18.3 Å². The lowest BCUT2D eigenvalue weighted by Gasteiger charge is -2.32. The summed E-state index contributed by atoms with van der Waals surface area (Å²) in [5, 5.41) is 3.87. The summed E-state index contributed by atoms with van der Waals surface area (Å²) in [6, 6.07) is 15.8. The third-order valence-electron chi connectivity index (χ3n) is 4.68. The number of rotatable bonds is 5. The van der Waals surface area contributed by atoms with Crippen molar-refractivity contribution in [3.05, 3.63) is 65.5 Å². The highest BCUT2D eigenvalue weighted by Gasteiger charge is 2.33. The summed E-state index contributed by atoms with van der Waals surface area (Å²) in [5.41, 5.74) is 2.56.